The molecule has 6 heteroatoms. The van der Waals surface area contributed by atoms with Crippen LogP contribution in [0.15, 0.2) is 18.2 Å². The molecule has 2 unspecified atom stereocenters. The van der Waals surface area contributed by atoms with Crippen molar-refractivity contribution < 1.29 is 9.72 Å². The molecule has 1 fully saturated rings. The summed E-state index contributed by atoms with van der Waals surface area (Å²) >= 11 is 0. The lowest BCUT2D eigenvalue weighted by atomic mass is 10.0. The third-order valence-corrected chi connectivity index (χ3v) is 4.03. The zero-order valence-electron chi connectivity index (χ0n) is 11.9. The number of amides is 1. The van der Waals surface area contributed by atoms with Crippen molar-refractivity contribution in [2.75, 3.05) is 13.1 Å². The lowest BCUT2D eigenvalue weighted by Crippen LogP contribution is -2.57. The Morgan fingerprint density at radius 1 is 1.45 bits per heavy atom. The van der Waals surface area contributed by atoms with E-state index in [1.807, 2.05) is 13.8 Å². The Morgan fingerprint density at radius 3 is 2.80 bits per heavy atom. The molecule has 1 amide bonds. The number of carbonyl (C=O) groups is 1. The summed E-state index contributed by atoms with van der Waals surface area (Å²) in [6.07, 6.45) is 0. The summed E-state index contributed by atoms with van der Waals surface area (Å²) in [6, 6.07) is 4.93. The summed E-state index contributed by atoms with van der Waals surface area (Å²) in [6.45, 7) is 7.01. The number of benzene rings is 1. The summed E-state index contributed by atoms with van der Waals surface area (Å²) < 4.78 is 0. The van der Waals surface area contributed by atoms with Gasteiger partial charge in [0.25, 0.3) is 11.6 Å². The minimum Gasteiger partial charge on any atom is -0.333 e. The van der Waals surface area contributed by atoms with Gasteiger partial charge in [0.15, 0.2) is 0 Å². The first-order valence-corrected chi connectivity index (χ1v) is 6.72. The Bertz CT molecular complexity index is 544. The largest absolute Gasteiger partial charge is 0.333 e. The minimum absolute atomic E-state index is 0.00770. The summed E-state index contributed by atoms with van der Waals surface area (Å²) in [5, 5.41) is 14.3. The van der Waals surface area contributed by atoms with E-state index in [-0.39, 0.29) is 23.7 Å². The second-order valence-electron chi connectivity index (χ2n) is 5.19. The van der Waals surface area contributed by atoms with Crippen LogP contribution in [0, 0.1) is 17.0 Å². The highest BCUT2D eigenvalue weighted by Crippen LogP contribution is 2.23. The maximum atomic E-state index is 12.6. The van der Waals surface area contributed by atoms with Crippen molar-refractivity contribution in [2.45, 2.75) is 32.9 Å². The highest BCUT2D eigenvalue weighted by atomic mass is 16.6. The van der Waals surface area contributed by atoms with Crippen LogP contribution >= 0.6 is 0 Å². The van der Waals surface area contributed by atoms with Gasteiger partial charge in [-0.25, -0.2) is 0 Å². The molecule has 0 saturated carbocycles. The van der Waals surface area contributed by atoms with Gasteiger partial charge in [-0.05, 0) is 26.8 Å². The van der Waals surface area contributed by atoms with Crippen LogP contribution in [0.4, 0.5) is 5.69 Å². The molecule has 0 spiro atoms. The zero-order valence-corrected chi connectivity index (χ0v) is 11.9. The fraction of sp³-hybridized carbons (Fsp3) is 0.500. The molecule has 1 aliphatic heterocycles. The first-order valence-electron chi connectivity index (χ1n) is 6.72. The zero-order chi connectivity index (χ0) is 14.9. The lowest BCUT2D eigenvalue weighted by Gasteiger charge is -2.38. The second-order valence-corrected chi connectivity index (χ2v) is 5.19. The molecule has 1 aromatic carbocycles. The van der Waals surface area contributed by atoms with E-state index >= 15 is 0 Å². The Balaban J connectivity index is 2.34. The van der Waals surface area contributed by atoms with Gasteiger partial charge in [-0.1, -0.05) is 6.07 Å². The topological polar surface area (TPSA) is 75.5 Å². The van der Waals surface area contributed by atoms with Gasteiger partial charge in [0, 0.05) is 42.4 Å². The molecule has 2 rings (SSSR count). The monoisotopic (exact) mass is 277 g/mol. The molecule has 0 radical (unpaired) electrons. The number of nitro groups is 1. The molecule has 0 bridgehead atoms. The number of rotatable bonds is 2. The van der Waals surface area contributed by atoms with Crippen molar-refractivity contribution in [3.05, 3.63) is 39.4 Å². The van der Waals surface area contributed by atoms with Crippen LogP contribution in [0.5, 0.6) is 0 Å². The van der Waals surface area contributed by atoms with E-state index in [0.29, 0.717) is 17.7 Å². The van der Waals surface area contributed by atoms with Gasteiger partial charge in [-0.2, -0.15) is 0 Å². The van der Waals surface area contributed by atoms with Crippen LogP contribution in [-0.2, 0) is 0 Å². The molecule has 20 heavy (non-hydrogen) atoms. The quantitative estimate of drug-likeness (QED) is 0.659. The van der Waals surface area contributed by atoms with Crippen molar-refractivity contribution in [2.24, 2.45) is 0 Å². The SMILES string of the molecule is Cc1c(C(=O)N2CCNC(C)C2C)cccc1[N+](=O)[O-]. The van der Waals surface area contributed by atoms with Gasteiger partial charge in [-0.3, -0.25) is 14.9 Å². The van der Waals surface area contributed by atoms with Crippen LogP contribution < -0.4 is 5.32 Å². The van der Waals surface area contributed by atoms with Gasteiger partial charge in [0.05, 0.1) is 4.92 Å². The molecule has 2 atom stereocenters. The van der Waals surface area contributed by atoms with E-state index in [1.165, 1.54) is 6.07 Å². The van der Waals surface area contributed by atoms with Gasteiger partial charge >= 0.3 is 0 Å². The van der Waals surface area contributed by atoms with E-state index < -0.39 is 4.92 Å². The van der Waals surface area contributed by atoms with Crippen LogP contribution in [0.25, 0.3) is 0 Å². The predicted molar refractivity (Wildman–Crippen MR) is 75.8 cm³/mol. The first-order chi connectivity index (χ1) is 9.43. The fourth-order valence-electron chi connectivity index (χ4n) is 2.55. The van der Waals surface area contributed by atoms with Crippen molar-refractivity contribution in [3.8, 4) is 0 Å². The second kappa shape index (κ2) is 5.58. The molecule has 0 aromatic heterocycles. The molecule has 1 saturated heterocycles. The highest BCUT2D eigenvalue weighted by molar-refractivity contribution is 5.96. The summed E-state index contributed by atoms with van der Waals surface area (Å²) in [5.74, 6) is -0.132. The number of piperazine rings is 1. The molecule has 1 aliphatic rings. The predicted octanol–water partition coefficient (Wildman–Crippen LogP) is 1.73. The standard InChI is InChI=1S/C14H19N3O3/c1-9-12(5-4-6-13(9)17(19)20)14(18)16-8-7-15-10(2)11(16)3/h4-6,10-11,15H,7-8H2,1-3H3. The van der Waals surface area contributed by atoms with E-state index in [4.69, 9.17) is 0 Å². The van der Waals surface area contributed by atoms with Gasteiger partial charge in [-0.15, -0.1) is 0 Å². The van der Waals surface area contributed by atoms with E-state index in [2.05, 4.69) is 5.32 Å². The number of nitrogens with zero attached hydrogens (tertiary/aromatic N) is 2. The fourth-order valence-corrected chi connectivity index (χ4v) is 2.55. The van der Waals surface area contributed by atoms with Gasteiger partial charge in [0.1, 0.15) is 0 Å². The summed E-state index contributed by atoms with van der Waals surface area (Å²) in [7, 11) is 0. The molecular formula is C14H19N3O3. The van der Waals surface area contributed by atoms with Crippen molar-refractivity contribution in [3.63, 3.8) is 0 Å². The Kier molecular flexibility index (Phi) is 4.04. The first kappa shape index (κ1) is 14.5. The third kappa shape index (κ3) is 2.51. The van der Waals surface area contributed by atoms with Crippen molar-refractivity contribution >= 4 is 11.6 Å². The van der Waals surface area contributed by atoms with Crippen molar-refractivity contribution in [1.82, 2.24) is 10.2 Å². The average molecular weight is 277 g/mol. The molecule has 108 valence electrons. The maximum Gasteiger partial charge on any atom is 0.273 e. The number of nitro benzene ring substituents is 1. The Hall–Kier alpha value is -1.95. The number of carbonyl (C=O) groups excluding carboxylic acids is 1. The molecule has 1 aromatic rings. The highest BCUT2D eigenvalue weighted by Gasteiger charge is 2.30. The van der Waals surface area contributed by atoms with Crippen LogP contribution in [0.2, 0.25) is 0 Å². The van der Waals surface area contributed by atoms with E-state index in [1.54, 1.807) is 24.0 Å². The molecule has 0 aliphatic carbocycles. The lowest BCUT2D eigenvalue weighted by molar-refractivity contribution is -0.385. The molecule has 1 heterocycles. The number of hydrogen-bond donors (Lipinski definition) is 1. The van der Waals surface area contributed by atoms with Gasteiger partial charge in [0.2, 0.25) is 0 Å². The Labute approximate surface area is 117 Å². The van der Waals surface area contributed by atoms with E-state index in [0.717, 1.165) is 6.54 Å². The summed E-state index contributed by atoms with van der Waals surface area (Å²) in [5.41, 5.74) is 0.840. The third-order valence-electron chi connectivity index (χ3n) is 4.03. The number of nitrogens with one attached hydrogen (secondary N) is 1. The molecular weight excluding hydrogens is 258 g/mol. The van der Waals surface area contributed by atoms with Gasteiger partial charge < -0.3 is 10.2 Å². The smallest absolute Gasteiger partial charge is 0.273 e. The molecule has 6 nitrogen and oxygen atoms in total. The van der Waals surface area contributed by atoms with Crippen LogP contribution in [0.3, 0.4) is 0 Å². The van der Waals surface area contributed by atoms with Crippen LogP contribution in [-0.4, -0.2) is 40.9 Å². The van der Waals surface area contributed by atoms with Crippen LogP contribution in [0.1, 0.15) is 29.8 Å². The van der Waals surface area contributed by atoms with E-state index in [9.17, 15) is 14.9 Å². The molecule has 1 N–H and O–H groups in total. The Morgan fingerprint density at radius 2 is 2.15 bits per heavy atom. The van der Waals surface area contributed by atoms with Crippen molar-refractivity contribution in [1.29, 1.82) is 0 Å². The number of hydrogen-bond acceptors (Lipinski definition) is 4. The average Bonchev–Trinajstić information content (AvgIpc) is 2.41. The minimum atomic E-state index is -0.448. The normalized spacial score (nSPS) is 22.6. The summed E-state index contributed by atoms with van der Waals surface area (Å²) in [4.78, 5) is 24.9. The maximum absolute atomic E-state index is 12.6.